The number of hydrogen-bond acceptors (Lipinski definition) is 5. The molecule has 142 valence electrons. The van der Waals surface area contributed by atoms with E-state index < -0.39 is 0 Å². The fourth-order valence-electron chi connectivity index (χ4n) is 4.09. The summed E-state index contributed by atoms with van der Waals surface area (Å²) in [6.45, 7) is 7.03. The van der Waals surface area contributed by atoms with Gasteiger partial charge in [0.1, 0.15) is 5.69 Å². The Morgan fingerprint density at radius 3 is 2.67 bits per heavy atom. The molecule has 0 bridgehead atoms. The molecule has 7 nitrogen and oxygen atoms in total. The number of nitrogens with zero attached hydrogens (tertiary/aromatic N) is 6. The first-order valence-electron chi connectivity index (χ1n) is 9.35. The van der Waals surface area contributed by atoms with Gasteiger partial charge in [-0.3, -0.25) is 9.58 Å². The maximum atomic E-state index is 6.67. The van der Waals surface area contributed by atoms with E-state index in [1.807, 2.05) is 36.4 Å². The highest BCUT2D eigenvalue weighted by Gasteiger charge is 2.33. The van der Waals surface area contributed by atoms with Crippen molar-refractivity contribution in [3.8, 4) is 5.69 Å². The van der Waals surface area contributed by atoms with Gasteiger partial charge in [0.2, 0.25) is 0 Å². The Bertz CT molecular complexity index is 978. The van der Waals surface area contributed by atoms with E-state index in [4.69, 9.17) is 16.3 Å². The van der Waals surface area contributed by atoms with E-state index in [1.165, 1.54) is 0 Å². The van der Waals surface area contributed by atoms with Gasteiger partial charge in [-0.1, -0.05) is 11.6 Å². The van der Waals surface area contributed by atoms with Crippen molar-refractivity contribution in [2.45, 2.75) is 19.0 Å². The van der Waals surface area contributed by atoms with E-state index in [1.54, 1.807) is 4.68 Å². The molecule has 2 saturated heterocycles. The Hall–Kier alpha value is -2.09. The van der Waals surface area contributed by atoms with Crippen LogP contribution in [0.15, 0.2) is 30.7 Å². The van der Waals surface area contributed by atoms with E-state index in [9.17, 15) is 0 Å². The van der Waals surface area contributed by atoms with Gasteiger partial charge < -0.3 is 9.64 Å². The number of fused-ring (bicyclic) bond motifs is 1. The predicted octanol–water partition coefficient (Wildman–Crippen LogP) is 2.32. The Morgan fingerprint density at radius 2 is 2.00 bits per heavy atom. The average molecular weight is 387 g/mol. The van der Waals surface area contributed by atoms with Crippen molar-refractivity contribution < 1.29 is 4.74 Å². The molecule has 27 heavy (non-hydrogen) atoms. The lowest BCUT2D eigenvalue weighted by Gasteiger charge is -2.46. The number of halogens is 1. The first-order chi connectivity index (χ1) is 13.1. The van der Waals surface area contributed by atoms with Gasteiger partial charge in [0.15, 0.2) is 0 Å². The number of ether oxygens (including phenoxy) is 1. The average Bonchev–Trinajstić information content (AvgIpc) is 3.18. The van der Waals surface area contributed by atoms with Crippen LogP contribution in [-0.4, -0.2) is 69.4 Å². The van der Waals surface area contributed by atoms with Gasteiger partial charge in [0, 0.05) is 38.1 Å². The van der Waals surface area contributed by atoms with Crippen LogP contribution in [-0.2, 0) is 11.8 Å². The largest absolute Gasteiger partial charge is 0.378 e. The molecule has 4 heterocycles. The molecule has 0 unspecified atom stereocenters. The van der Waals surface area contributed by atoms with Crippen molar-refractivity contribution in [2.24, 2.45) is 7.05 Å². The van der Waals surface area contributed by atoms with E-state index in [-0.39, 0.29) is 0 Å². The lowest BCUT2D eigenvalue weighted by molar-refractivity contribution is -0.0691. The zero-order valence-electron chi connectivity index (χ0n) is 15.5. The molecule has 2 aliphatic heterocycles. The number of piperazine rings is 1. The Labute approximate surface area is 163 Å². The maximum absolute atomic E-state index is 6.67. The van der Waals surface area contributed by atoms with Gasteiger partial charge >= 0.3 is 0 Å². The topological polar surface area (TPSA) is 51.4 Å². The summed E-state index contributed by atoms with van der Waals surface area (Å²) in [6.07, 6.45) is 5.64. The summed E-state index contributed by atoms with van der Waals surface area (Å²) in [5, 5.41) is 10.6. The van der Waals surface area contributed by atoms with Crippen molar-refractivity contribution in [2.75, 3.05) is 37.7 Å². The van der Waals surface area contributed by atoms with Gasteiger partial charge in [-0.25, -0.2) is 4.68 Å². The molecule has 5 rings (SSSR count). The van der Waals surface area contributed by atoms with Crippen LogP contribution in [0.1, 0.15) is 6.92 Å². The Kier molecular flexibility index (Phi) is 4.11. The van der Waals surface area contributed by atoms with Gasteiger partial charge in [0.05, 0.1) is 54.1 Å². The van der Waals surface area contributed by atoms with Crippen LogP contribution < -0.4 is 4.90 Å². The number of rotatable bonds is 3. The molecule has 0 saturated carbocycles. The second-order valence-electron chi connectivity index (χ2n) is 7.52. The lowest BCUT2D eigenvalue weighted by Crippen LogP contribution is -2.59. The minimum Gasteiger partial charge on any atom is -0.378 e. The number of benzene rings is 1. The number of anilines is 1. The van der Waals surface area contributed by atoms with Crippen LogP contribution in [0.5, 0.6) is 0 Å². The Morgan fingerprint density at radius 1 is 1.15 bits per heavy atom. The molecule has 3 aromatic rings. The van der Waals surface area contributed by atoms with Crippen molar-refractivity contribution in [1.82, 2.24) is 24.5 Å². The van der Waals surface area contributed by atoms with Crippen LogP contribution in [0.25, 0.3) is 16.6 Å². The zero-order chi connectivity index (χ0) is 18.5. The van der Waals surface area contributed by atoms with Gasteiger partial charge in [-0.15, -0.1) is 0 Å². The van der Waals surface area contributed by atoms with Crippen molar-refractivity contribution in [3.63, 3.8) is 0 Å². The summed E-state index contributed by atoms with van der Waals surface area (Å²) in [4.78, 5) is 4.95. The molecule has 2 aliphatic rings. The molecule has 8 heteroatoms. The maximum Gasteiger partial charge on any atom is 0.103 e. The monoisotopic (exact) mass is 386 g/mol. The van der Waals surface area contributed by atoms with Gasteiger partial charge in [0.25, 0.3) is 0 Å². The molecule has 0 radical (unpaired) electrons. The molecule has 0 N–H and O–H groups in total. The van der Waals surface area contributed by atoms with E-state index in [0.717, 1.165) is 60.1 Å². The summed E-state index contributed by atoms with van der Waals surface area (Å²) < 4.78 is 9.07. The molecule has 0 amide bonds. The minimum atomic E-state index is 0.393. The normalized spacial score (nSPS) is 21.7. The quantitative estimate of drug-likeness (QED) is 0.691. The second kappa shape index (κ2) is 6.51. The predicted molar refractivity (Wildman–Crippen MR) is 106 cm³/mol. The van der Waals surface area contributed by atoms with Gasteiger partial charge in [-0.05, 0) is 19.1 Å². The molecule has 1 aromatic carbocycles. The number of aromatic nitrogens is 4. The molecule has 0 aliphatic carbocycles. The van der Waals surface area contributed by atoms with Crippen LogP contribution in [0.4, 0.5) is 5.69 Å². The van der Waals surface area contributed by atoms with E-state index in [2.05, 4.69) is 33.0 Å². The van der Waals surface area contributed by atoms with Gasteiger partial charge in [-0.2, -0.15) is 10.2 Å². The zero-order valence-corrected chi connectivity index (χ0v) is 16.3. The minimum absolute atomic E-state index is 0.393. The first-order valence-corrected chi connectivity index (χ1v) is 9.72. The molecule has 0 spiro atoms. The SMILES string of the molecule is C[C@H]1CN(C2COC2)CCN1c1cc2c(cnn2-c2cnn(C)c2)cc1Cl. The Balaban J connectivity index is 1.48. The highest BCUT2D eigenvalue weighted by Crippen LogP contribution is 2.34. The standard InChI is InChI=1S/C19H23ClN6O/c1-13-9-24(16-11-27-12-16)3-4-25(13)19-6-18-14(5-17(19)20)7-22-26(18)15-8-21-23(2)10-15/h5-8,10,13,16H,3-4,9,11-12H2,1-2H3/t13-/m0/s1. The smallest absolute Gasteiger partial charge is 0.103 e. The third-order valence-electron chi connectivity index (χ3n) is 5.68. The van der Waals surface area contributed by atoms with Crippen molar-refractivity contribution >= 4 is 28.2 Å². The summed E-state index contributed by atoms with van der Waals surface area (Å²) in [5.74, 6) is 0. The van der Waals surface area contributed by atoms with E-state index in [0.29, 0.717) is 12.1 Å². The van der Waals surface area contributed by atoms with Crippen molar-refractivity contribution in [1.29, 1.82) is 0 Å². The molecule has 2 aromatic heterocycles. The summed E-state index contributed by atoms with van der Waals surface area (Å²) in [5.41, 5.74) is 3.07. The van der Waals surface area contributed by atoms with Crippen molar-refractivity contribution in [3.05, 3.63) is 35.7 Å². The third-order valence-corrected chi connectivity index (χ3v) is 5.98. The van der Waals surface area contributed by atoms with Crippen LogP contribution >= 0.6 is 11.6 Å². The summed E-state index contributed by atoms with van der Waals surface area (Å²) in [6, 6.07) is 5.16. The molecule has 1 atom stereocenters. The molecular formula is C19H23ClN6O. The van der Waals surface area contributed by atoms with Crippen LogP contribution in [0.2, 0.25) is 5.02 Å². The fraction of sp³-hybridized carbons (Fsp3) is 0.474. The highest BCUT2D eigenvalue weighted by molar-refractivity contribution is 6.34. The van der Waals surface area contributed by atoms with Crippen LogP contribution in [0.3, 0.4) is 0 Å². The third kappa shape index (κ3) is 2.90. The molecular weight excluding hydrogens is 364 g/mol. The number of hydrogen-bond donors (Lipinski definition) is 0. The molecule has 2 fully saturated rings. The first kappa shape index (κ1) is 17.0. The number of aryl methyl sites for hydroxylation is 1. The summed E-state index contributed by atoms with van der Waals surface area (Å²) in [7, 11) is 1.91. The van der Waals surface area contributed by atoms with E-state index >= 15 is 0 Å². The van der Waals surface area contributed by atoms with Crippen LogP contribution in [0, 0.1) is 0 Å². The highest BCUT2D eigenvalue weighted by atomic mass is 35.5. The fourth-order valence-corrected chi connectivity index (χ4v) is 4.37. The lowest BCUT2D eigenvalue weighted by atomic mass is 10.1. The second-order valence-corrected chi connectivity index (χ2v) is 7.93. The summed E-state index contributed by atoms with van der Waals surface area (Å²) >= 11 is 6.67.